The SMILES string of the molecule is CCS(=O)(=O)N(CCOC)Cc1cccs1. The van der Waals surface area contributed by atoms with Gasteiger partial charge in [0.15, 0.2) is 0 Å². The highest BCUT2D eigenvalue weighted by molar-refractivity contribution is 7.89. The van der Waals surface area contributed by atoms with Gasteiger partial charge in [-0.25, -0.2) is 8.42 Å². The lowest BCUT2D eigenvalue weighted by molar-refractivity contribution is 0.178. The summed E-state index contributed by atoms with van der Waals surface area (Å²) >= 11 is 1.56. The predicted octanol–water partition coefficient (Wildman–Crippen LogP) is 1.55. The molecule has 0 aliphatic rings. The summed E-state index contributed by atoms with van der Waals surface area (Å²) in [6, 6.07) is 3.86. The van der Waals surface area contributed by atoms with Crippen molar-refractivity contribution in [2.24, 2.45) is 0 Å². The predicted molar refractivity (Wildman–Crippen MR) is 66.1 cm³/mol. The maximum atomic E-state index is 11.8. The molecule has 1 aromatic heterocycles. The van der Waals surface area contributed by atoms with E-state index >= 15 is 0 Å². The molecule has 6 heteroatoms. The van der Waals surface area contributed by atoms with Crippen molar-refractivity contribution in [1.29, 1.82) is 0 Å². The van der Waals surface area contributed by atoms with Crippen molar-refractivity contribution in [1.82, 2.24) is 4.31 Å². The van der Waals surface area contributed by atoms with Crippen LogP contribution in [0.2, 0.25) is 0 Å². The lowest BCUT2D eigenvalue weighted by atomic mass is 10.4. The quantitative estimate of drug-likeness (QED) is 0.750. The zero-order valence-corrected chi connectivity index (χ0v) is 11.2. The lowest BCUT2D eigenvalue weighted by Gasteiger charge is -2.20. The Balaban J connectivity index is 2.72. The molecule has 1 aromatic rings. The Kier molecular flexibility index (Phi) is 5.40. The Bertz CT molecular complexity index is 386. The molecule has 0 unspecified atom stereocenters. The van der Waals surface area contributed by atoms with Gasteiger partial charge in [0.25, 0.3) is 0 Å². The number of rotatable bonds is 7. The second-order valence-corrected chi connectivity index (χ2v) is 6.60. The number of hydrogen-bond acceptors (Lipinski definition) is 4. The minimum absolute atomic E-state index is 0.127. The summed E-state index contributed by atoms with van der Waals surface area (Å²) in [4.78, 5) is 1.05. The molecule has 0 saturated carbocycles. The first-order chi connectivity index (χ1) is 7.60. The normalized spacial score (nSPS) is 12.2. The summed E-state index contributed by atoms with van der Waals surface area (Å²) in [7, 11) is -1.58. The van der Waals surface area contributed by atoms with Crippen molar-refractivity contribution in [3.05, 3.63) is 22.4 Å². The van der Waals surface area contributed by atoms with E-state index in [0.717, 1.165) is 4.88 Å². The highest BCUT2D eigenvalue weighted by atomic mass is 32.2. The van der Waals surface area contributed by atoms with Crippen molar-refractivity contribution in [2.45, 2.75) is 13.5 Å². The average Bonchev–Trinajstić information content (AvgIpc) is 2.76. The monoisotopic (exact) mass is 263 g/mol. The van der Waals surface area contributed by atoms with E-state index < -0.39 is 10.0 Å². The fourth-order valence-corrected chi connectivity index (χ4v) is 3.12. The van der Waals surface area contributed by atoms with Crippen molar-refractivity contribution in [2.75, 3.05) is 26.0 Å². The van der Waals surface area contributed by atoms with Crippen molar-refractivity contribution in [3.63, 3.8) is 0 Å². The molecule has 0 fully saturated rings. The van der Waals surface area contributed by atoms with Crippen LogP contribution in [0.5, 0.6) is 0 Å². The topological polar surface area (TPSA) is 46.6 Å². The second kappa shape index (κ2) is 6.34. The Morgan fingerprint density at radius 2 is 2.25 bits per heavy atom. The minimum atomic E-state index is -3.15. The van der Waals surface area contributed by atoms with Gasteiger partial charge in [0.1, 0.15) is 0 Å². The van der Waals surface area contributed by atoms with Crippen molar-refractivity contribution < 1.29 is 13.2 Å². The zero-order valence-electron chi connectivity index (χ0n) is 9.55. The van der Waals surface area contributed by atoms with Gasteiger partial charge in [0.2, 0.25) is 10.0 Å². The van der Waals surface area contributed by atoms with Crippen LogP contribution in [-0.4, -0.2) is 38.7 Å². The molecule has 0 bridgehead atoms. The number of methoxy groups -OCH3 is 1. The molecule has 0 saturated heterocycles. The zero-order chi connectivity index (χ0) is 12.0. The number of sulfonamides is 1. The standard InChI is InChI=1S/C10H17NO3S2/c1-3-16(12,13)11(6-7-14-2)9-10-5-4-8-15-10/h4-5,8H,3,6-7,9H2,1-2H3. The van der Waals surface area contributed by atoms with Gasteiger partial charge in [0, 0.05) is 25.1 Å². The summed E-state index contributed by atoms with van der Waals surface area (Å²) in [5, 5.41) is 1.95. The molecule has 0 radical (unpaired) electrons. The molecule has 0 atom stereocenters. The van der Waals surface area contributed by atoms with Crippen molar-refractivity contribution in [3.8, 4) is 0 Å². The van der Waals surface area contributed by atoms with E-state index in [1.54, 1.807) is 25.4 Å². The van der Waals surface area contributed by atoms with Gasteiger partial charge in [-0.15, -0.1) is 11.3 Å². The van der Waals surface area contributed by atoms with Crippen LogP contribution in [0.25, 0.3) is 0 Å². The van der Waals surface area contributed by atoms with Crippen LogP contribution in [-0.2, 0) is 21.3 Å². The third-order valence-electron chi connectivity index (χ3n) is 2.22. The van der Waals surface area contributed by atoms with Gasteiger partial charge < -0.3 is 4.74 Å². The fourth-order valence-electron chi connectivity index (χ4n) is 1.27. The van der Waals surface area contributed by atoms with Gasteiger partial charge in [-0.3, -0.25) is 0 Å². The van der Waals surface area contributed by atoms with Crippen molar-refractivity contribution >= 4 is 21.4 Å². The maximum Gasteiger partial charge on any atom is 0.214 e. The van der Waals surface area contributed by atoms with Gasteiger partial charge in [0.05, 0.1) is 12.4 Å². The van der Waals surface area contributed by atoms with Crippen LogP contribution in [0.15, 0.2) is 17.5 Å². The Morgan fingerprint density at radius 1 is 1.50 bits per heavy atom. The molecule has 4 nitrogen and oxygen atoms in total. The molecular weight excluding hydrogens is 246 g/mol. The van der Waals surface area contributed by atoms with Crippen LogP contribution in [0.1, 0.15) is 11.8 Å². The van der Waals surface area contributed by atoms with E-state index in [9.17, 15) is 8.42 Å². The summed E-state index contributed by atoms with van der Waals surface area (Å²) in [5.41, 5.74) is 0. The van der Waals surface area contributed by atoms with E-state index in [1.165, 1.54) is 4.31 Å². The van der Waals surface area contributed by atoms with E-state index in [1.807, 2.05) is 17.5 Å². The first kappa shape index (κ1) is 13.6. The summed E-state index contributed by atoms with van der Waals surface area (Å²) in [5.74, 6) is 0.127. The highest BCUT2D eigenvalue weighted by Crippen LogP contribution is 2.14. The smallest absolute Gasteiger partial charge is 0.214 e. The minimum Gasteiger partial charge on any atom is -0.383 e. The summed E-state index contributed by atoms with van der Waals surface area (Å²) in [6.45, 7) is 2.93. The third-order valence-corrected chi connectivity index (χ3v) is 4.90. The number of hydrogen-bond donors (Lipinski definition) is 0. The Morgan fingerprint density at radius 3 is 2.75 bits per heavy atom. The molecule has 0 aliphatic heterocycles. The van der Waals surface area contributed by atoms with Gasteiger partial charge in [-0.05, 0) is 18.4 Å². The molecule has 0 amide bonds. The number of nitrogens with zero attached hydrogens (tertiary/aromatic N) is 1. The van der Waals surface area contributed by atoms with Crippen LogP contribution < -0.4 is 0 Å². The van der Waals surface area contributed by atoms with Gasteiger partial charge in [-0.1, -0.05) is 6.07 Å². The lowest BCUT2D eigenvalue weighted by Crippen LogP contribution is -2.34. The Labute approximate surface area is 101 Å². The highest BCUT2D eigenvalue weighted by Gasteiger charge is 2.20. The molecule has 1 heterocycles. The Hall–Kier alpha value is -0.430. The van der Waals surface area contributed by atoms with Crippen LogP contribution in [0, 0.1) is 0 Å². The average molecular weight is 263 g/mol. The maximum absolute atomic E-state index is 11.8. The first-order valence-corrected chi connectivity index (χ1v) is 7.58. The molecule has 0 N–H and O–H groups in total. The van der Waals surface area contributed by atoms with E-state index in [0.29, 0.717) is 19.7 Å². The molecule has 0 spiro atoms. The molecule has 0 aromatic carbocycles. The summed E-state index contributed by atoms with van der Waals surface area (Å²) < 4.78 is 30.0. The third kappa shape index (κ3) is 3.86. The summed E-state index contributed by atoms with van der Waals surface area (Å²) in [6.07, 6.45) is 0. The molecule has 92 valence electrons. The van der Waals surface area contributed by atoms with Crippen LogP contribution in [0.4, 0.5) is 0 Å². The van der Waals surface area contributed by atoms with Crippen LogP contribution >= 0.6 is 11.3 Å². The fraction of sp³-hybridized carbons (Fsp3) is 0.600. The second-order valence-electron chi connectivity index (χ2n) is 3.31. The van der Waals surface area contributed by atoms with Gasteiger partial charge in [-0.2, -0.15) is 4.31 Å². The molecular formula is C10H17NO3S2. The largest absolute Gasteiger partial charge is 0.383 e. The number of thiophene rings is 1. The van der Waals surface area contributed by atoms with Gasteiger partial charge >= 0.3 is 0 Å². The molecule has 1 rings (SSSR count). The first-order valence-electron chi connectivity index (χ1n) is 5.09. The van der Waals surface area contributed by atoms with E-state index in [4.69, 9.17) is 4.74 Å². The molecule has 0 aliphatic carbocycles. The molecule has 16 heavy (non-hydrogen) atoms. The van der Waals surface area contributed by atoms with E-state index in [2.05, 4.69) is 0 Å². The van der Waals surface area contributed by atoms with Crippen LogP contribution in [0.3, 0.4) is 0 Å². The van der Waals surface area contributed by atoms with E-state index in [-0.39, 0.29) is 5.75 Å². The number of ether oxygens (including phenoxy) is 1.